The number of nitrogens with one attached hydrogen (secondary N) is 1. The molecule has 0 heterocycles. The predicted octanol–water partition coefficient (Wildman–Crippen LogP) is 3.61. The number of anilines is 1. The van der Waals surface area contributed by atoms with Crippen LogP contribution >= 0.6 is 11.6 Å². The molecule has 1 amide bonds. The summed E-state index contributed by atoms with van der Waals surface area (Å²) in [6.45, 7) is 1.78. The fourth-order valence-corrected chi connectivity index (χ4v) is 1.92. The van der Waals surface area contributed by atoms with Crippen molar-refractivity contribution in [1.82, 2.24) is 0 Å². The van der Waals surface area contributed by atoms with Gasteiger partial charge in [0.2, 0.25) is 0 Å². The maximum atomic E-state index is 12.2. The van der Waals surface area contributed by atoms with Gasteiger partial charge in [-0.1, -0.05) is 17.7 Å². The molecule has 0 unspecified atom stereocenters. The quantitative estimate of drug-likeness (QED) is 0.908. The largest absolute Gasteiger partial charge is 0.508 e. The van der Waals surface area contributed by atoms with Crippen LogP contribution in [0.15, 0.2) is 36.4 Å². The lowest BCUT2D eigenvalue weighted by Crippen LogP contribution is -2.13. The lowest BCUT2D eigenvalue weighted by molar-refractivity contribution is 0.102. The van der Waals surface area contributed by atoms with Crippen LogP contribution in [0, 0.1) is 6.92 Å². The zero-order chi connectivity index (χ0) is 14.7. The van der Waals surface area contributed by atoms with Gasteiger partial charge in [0.15, 0.2) is 0 Å². The van der Waals surface area contributed by atoms with E-state index in [9.17, 15) is 9.90 Å². The number of carbonyl (C=O) groups excluding carboxylic acids is 1. The van der Waals surface area contributed by atoms with E-state index in [1.54, 1.807) is 31.2 Å². The molecule has 5 heteroatoms. The fourth-order valence-electron chi connectivity index (χ4n) is 1.74. The minimum absolute atomic E-state index is 0.126. The standard InChI is InChI=1S/C15H14ClNO3/c1-9-3-5-11(8-13(9)18)17-15(19)12-7-10(16)4-6-14(12)20-2/h3-8,18H,1-2H3,(H,17,19). The van der Waals surface area contributed by atoms with Gasteiger partial charge < -0.3 is 15.2 Å². The van der Waals surface area contributed by atoms with Crippen molar-refractivity contribution in [1.29, 1.82) is 0 Å². The van der Waals surface area contributed by atoms with Crippen LogP contribution in [-0.2, 0) is 0 Å². The summed E-state index contributed by atoms with van der Waals surface area (Å²) >= 11 is 5.89. The second-order valence-corrected chi connectivity index (χ2v) is 4.74. The van der Waals surface area contributed by atoms with Crippen molar-refractivity contribution in [2.45, 2.75) is 6.92 Å². The number of aryl methyl sites for hydroxylation is 1. The molecule has 0 atom stereocenters. The number of ether oxygens (including phenoxy) is 1. The summed E-state index contributed by atoms with van der Waals surface area (Å²) < 4.78 is 5.13. The third kappa shape index (κ3) is 3.03. The Morgan fingerprint density at radius 2 is 2.00 bits per heavy atom. The Morgan fingerprint density at radius 3 is 2.65 bits per heavy atom. The summed E-state index contributed by atoms with van der Waals surface area (Å²) in [6.07, 6.45) is 0. The predicted molar refractivity (Wildman–Crippen MR) is 78.8 cm³/mol. The van der Waals surface area contributed by atoms with Crippen LogP contribution in [0.2, 0.25) is 5.02 Å². The average Bonchev–Trinajstić information content (AvgIpc) is 2.43. The van der Waals surface area contributed by atoms with Crippen LogP contribution in [0.3, 0.4) is 0 Å². The molecule has 0 aliphatic heterocycles. The monoisotopic (exact) mass is 291 g/mol. The van der Waals surface area contributed by atoms with E-state index in [0.29, 0.717) is 22.0 Å². The van der Waals surface area contributed by atoms with Gasteiger partial charge >= 0.3 is 0 Å². The molecule has 2 rings (SSSR count). The van der Waals surface area contributed by atoms with Gasteiger partial charge in [0, 0.05) is 16.8 Å². The van der Waals surface area contributed by atoms with Gasteiger partial charge in [0.1, 0.15) is 11.5 Å². The SMILES string of the molecule is COc1ccc(Cl)cc1C(=O)Nc1ccc(C)c(O)c1. The van der Waals surface area contributed by atoms with Crippen molar-refractivity contribution in [3.63, 3.8) is 0 Å². The van der Waals surface area contributed by atoms with E-state index < -0.39 is 0 Å². The first-order chi connectivity index (χ1) is 9.51. The highest BCUT2D eigenvalue weighted by Crippen LogP contribution is 2.25. The van der Waals surface area contributed by atoms with E-state index in [0.717, 1.165) is 5.56 Å². The summed E-state index contributed by atoms with van der Waals surface area (Å²) in [4.78, 5) is 12.2. The molecule has 0 aromatic heterocycles. The molecule has 104 valence electrons. The molecule has 0 saturated heterocycles. The average molecular weight is 292 g/mol. The van der Waals surface area contributed by atoms with Gasteiger partial charge in [-0.15, -0.1) is 0 Å². The van der Waals surface area contributed by atoms with Crippen LogP contribution in [0.25, 0.3) is 0 Å². The lowest BCUT2D eigenvalue weighted by Gasteiger charge is -2.10. The summed E-state index contributed by atoms with van der Waals surface area (Å²) in [6, 6.07) is 9.73. The van der Waals surface area contributed by atoms with Crippen molar-refractivity contribution in [2.75, 3.05) is 12.4 Å². The maximum absolute atomic E-state index is 12.2. The molecule has 2 N–H and O–H groups in total. The highest BCUT2D eigenvalue weighted by Gasteiger charge is 2.13. The summed E-state index contributed by atoms with van der Waals surface area (Å²) in [5, 5.41) is 12.8. The first-order valence-electron chi connectivity index (χ1n) is 5.96. The zero-order valence-electron chi connectivity index (χ0n) is 11.1. The Labute approximate surface area is 122 Å². The van der Waals surface area contributed by atoms with E-state index in [1.165, 1.54) is 19.2 Å². The minimum Gasteiger partial charge on any atom is -0.508 e. The van der Waals surface area contributed by atoms with Gasteiger partial charge in [0.05, 0.1) is 12.7 Å². The van der Waals surface area contributed by atoms with E-state index >= 15 is 0 Å². The number of phenols is 1. The Bertz CT molecular complexity index is 656. The highest BCUT2D eigenvalue weighted by molar-refractivity contribution is 6.31. The normalized spacial score (nSPS) is 10.2. The third-order valence-electron chi connectivity index (χ3n) is 2.87. The molecule has 0 aliphatic carbocycles. The molecule has 0 spiro atoms. The molecule has 2 aromatic carbocycles. The molecule has 0 radical (unpaired) electrons. The number of aromatic hydroxyl groups is 1. The van der Waals surface area contributed by atoms with Gasteiger partial charge in [-0.2, -0.15) is 0 Å². The topological polar surface area (TPSA) is 58.6 Å². The second kappa shape index (κ2) is 5.84. The number of amides is 1. The molecule has 0 bridgehead atoms. The number of hydrogen-bond donors (Lipinski definition) is 2. The number of phenolic OH excluding ortho intramolecular Hbond substituents is 1. The number of halogens is 1. The van der Waals surface area contributed by atoms with Crippen molar-refractivity contribution in [2.24, 2.45) is 0 Å². The van der Waals surface area contributed by atoms with E-state index in [1.807, 2.05) is 0 Å². The summed E-state index contributed by atoms with van der Waals surface area (Å²) in [5.41, 5.74) is 1.57. The van der Waals surface area contributed by atoms with E-state index in [-0.39, 0.29) is 11.7 Å². The Balaban J connectivity index is 2.27. The molecular formula is C15H14ClNO3. The number of hydrogen-bond acceptors (Lipinski definition) is 3. The third-order valence-corrected chi connectivity index (χ3v) is 3.11. The molecule has 4 nitrogen and oxygen atoms in total. The Kier molecular flexibility index (Phi) is 4.15. The molecule has 2 aromatic rings. The zero-order valence-corrected chi connectivity index (χ0v) is 11.9. The Hall–Kier alpha value is -2.20. The van der Waals surface area contributed by atoms with Crippen molar-refractivity contribution < 1.29 is 14.6 Å². The fraction of sp³-hybridized carbons (Fsp3) is 0.133. The van der Waals surface area contributed by atoms with Crippen LogP contribution in [0.4, 0.5) is 5.69 Å². The van der Waals surface area contributed by atoms with Crippen molar-refractivity contribution in [3.8, 4) is 11.5 Å². The van der Waals surface area contributed by atoms with Crippen LogP contribution in [0.1, 0.15) is 15.9 Å². The molecule has 0 fully saturated rings. The summed E-state index contributed by atoms with van der Waals surface area (Å²) in [7, 11) is 1.48. The first-order valence-corrected chi connectivity index (χ1v) is 6.33. The Morgan fingerprint density at radius 1 is 1.25 bits per heavy atom. The highest BCUT2D eigenvalue weighted by atomic mass is 35.5. The molecule has 0 aliphatic rings. The molecule has 20 heavy (non-hydrogen) atoms. The lowest BCUT2D eigenvalue weighted by atomic mass is 10.1. The van der Waals surface area contributed by atoms with Gasteiger partial charge in [-0.05, 0) is 36.8 Å². The number of rotatable bonds is 3. The van der Waals surface area contributed by atoms with E-state index in [4.69, 9.17) is 16.3 Å². The van der Waals surface area contributed by atoms with Crippen LogP contribution in [-0.4, -0.2) is 18.1 Å². The first kappa shape index (κ1) is 14.2. The van der Waals surface area contributed by atoms with E-state index in [2.05, 4.69) is 5.32 Å². The molecular weight excluding hydrogens is 278 g/mol. The van der Waals surface area contributed by atoms with Crippen LogP contribution in [0.5, 0.6) is 11.5 Å². The maximum Gasteiger partial charge on any atom is 0.259 e. The van der Waals surface area contributed by atoms with Gasteiger partial charge in [-0.3, -0.25) is 4.79 Å². The van der Waals surface area contributed by atoms with Gasteiger partial charge in [0.25, 0.3) is 5.91 Å². The smallest absolute Gasteiger partial charge is 0.259 e. The second-order valence-electron chi connectivity index (χ2n) is 4.30. The number of benzene rings is 2. The number of carbonyl (C=O) groups is 1. The summed E-state index contributed by atoms with van der Waals surface area (Å²) in [5.74, 6) is 0.205. The van der Waals surface area contributed by atoms with Crippen LogP contribution < -0.4 is 10.1 Å². The van der Waals surface area contributed by atoms with Crippen molar-refractivity contribution in [3.05, 3.63) is 52.5 Å². The number of methoxy groups -OCH3 is 1. The molecule has 0 saturated carbocycles. The van der Waals surface area contributed by atoms with Crippen molar-refractivity contribution >= 4 is 23.2 Å². The minimum atomic E-state index is -0.354. The van der Waals surface area contributed by atoms with Gasteiger partial charge in [-0.25, -0.2) is 0 Å².